The van der Waals surface area contributed by atoms with E-state index in [0.717, 1.165) is 45.4 Å². The molecule has 1 fully saturated rings. The molecule has 0 atom stereocenters. The summed E-state index contributed by atoms with van der Waals surface area (Å²) < 4.78 is 28.5. The van der Waals surface area contributed by atoms with Gasteiger partial charge in [-0.1, -0.05) is 6.07 Å². The minimum atomic E-state index is -0.612. The lowest BCUT2D eigenvalue weighted by Crippen LogP contribution is -2.36. The van der Waals surface area contributed by atoms with Crippen molar-refractivity contribution in [1.29, 1.82) is 0 Å². The van der Waals surface area contributed by atoms with Crippen LogP contribution >= 0.6 is 11.8 Å². The van der Waals surface area contributed by atoms with Crippen molar-refractivity contribution in [2.75, 3.05) is 11.9 Å². The third-order valence-corrected chi connectivity index (χ3v) is 6.03. The van der Waals surface area contributed by atoms with Gasteiger partial charge in [0.15, 0.2) is 0 Å². The Hall–Kier alpha value is -3.72. The van der Waals surface area contributed by atoms with Crippen LogP contribution in [0.4, 0.5) is 19.3 Å². The van der Waals surface area contributed by atoms with Crippen LogP contribution in [-0.2, 0) is 9.59 Å². The molecule has 4 rings (SSSR count). The predicted molar refractivity (Wildman–Crippen MR) is 123 cm³/mol. The number of benzene rings is 2. The molecule has 0 unspecified atom stereocenters. The minimum absolute atomic E-state index is 0.193. The predicted octanol–water partition coefficient (Wildman–Crippen LogP) is 5.05. The summed E-state index contributed by atoms with van der Waals surface area (Å²) in [5, 5.41) is 1.91. The molecule has 0 aliphatic carbocycles. The van der Waals surface area contributed by atoms with Crippen molar-refractivity contribution in [2.24, 2.45) is 0 Å². The number of hydrogen-bond acceptors (Lipinski definition) is 4. The highest BCUT2D eigenvalue weighted by Crippen LogP contribution is 2.33. The summed E-state index contributed by atoms with van der Waals surface area (Å²) in [6, 6.07) is 13.2. The molecule has 1 saturated heterocycles. The van der Waals surface area contributed by atoms with Crippen molar-refractivity contribution in [1.82, 2.24) is 9.47 Å². The average molecular weight is 467 g/mol. The smallest absolute Gasteiger partial charge is 0.294 e. The lowest BCUT2D eigenvalue weighted by Gasteiger charge is -2.12. The number of nitrogens with zero attached hydrogens (tertiary/aromatic N) is 2. The second kappa shape index (κ2) is 9.03. The molecule has 0 saturated carbocycles. The normalized spacial score (nSPS) is 14.9. The van der Waals surface area contributed by atoms with Gasteiger partial charge in [-0.3, -0.25) is 19.3 Å². The highest BCUT2D eigenvalue weighted by atomic mass is 32.2. The molecule has 0 bridgehead atoms. The van der Waals surface area contributed by atoms with E-state index in [0.29, 0.717) is 0 Å². The maximum atomic E-state index is 13.3. The molecule has 6 nitrogen and oxygen atoms in total. The van der Waals surface area contributed by atoms with Gasteiger partial charge >= 0.3 is 0 Å². The van der Waals surface area contributed by atoms with Crippen molar-refractivity contribution in [3.63, 3.8) is 0 Å². The summed E-state index contributed by atoms with van der Waals surface area (Å²) in [5.74, 6) is -2.04. The van der Waals surface area contributed by atoms with Crippen LogP contribution in [0.3, 0.4) is 0 Å². The molecule has 9 heteroatoms. The first kappa shape index (κ1) is 22.5. The Morgan fingerprint density at radius 1 is 1.03 bits per heavy atom. The van der Waals surface area contributed by atoms with E-state index in [9.17, 15) is 23.2 Å². The number of hydrogen-bond donors (Lipinski definition) is 1. The summed E-state index contributed by atoms with van der Waals surface area (Å²) >= 11 is 0.749. The molecule has 1 N–H and O–H groups in total. The van der Waals surface area contributed by atoms with Gasteiger partial charge in [-0.25, -0.2) is 8.78 Å². The Bertz CT molecular complexity index is 1300. The first-order valence-electron chi connectivity index (χ1n) is 9.98. The fraction of sp³-hybridized carbons (Fsp3) is 0.125. The van der Waals surface area contributed by atoms with Crippen molar-refractivity contribution in [3.8, 4) is 5.69 Å². The van der Waals surface area contributed by atoms with E-state index in [-0.39, 0.29) is 16.4 Å². The summed E-state index contributed by atoms with van der Waals surface area (Å²) in [6.45, 7) is 3.27. The molecule has 0 radical (unpaired) electrons. The molecule has 3 aromatic rings. The molecule has 1 aliphatic rings. The Balaban J connectivity index is 1.53. The van der Waals surface area contributed by atoms with E-state index >= 15 is 0 Å². The number of rotatable bonds is 5. The topological polar surface area (TPSA) is 71.4 Å². The van der Waals surface area contributed by atoms with Gasteiger partial charge in [-0.15, -0.1) is 0 Å². The molecule has 1 aromatic heterocycles. The van der Waals surface area contributed by atoms with Gasteiger partial charge in [0.25, 0.3) is 11.1 Å². The number of imide groups is 1. The molecule has 3 amide bonds. The Morgan fingerprint density at radius 3 is 2.45 bits per heavy atom. The van der Waals surface area contributed by atoms with Crippen LogP contribution in [0.5, 0.6) is 0 Å². The Labute approximate surface area is 192 Å². The number of carbonyl (C=O) groups excluding carboxylic acids is 3. The maximum absolute atomic E-state index is 13.3. The maximum Gasteiger partial charge on any atom is 0.294 e. The second-order valence-electron chi connectivity index (χ2n) is 7.46. The van der Waals surface area contributed by atoms with Gasteiger partial charge in [-0.2, -0.15) is 0 Å². The first-order chi connectivity index (χ1) is 15.7. The number of aromatic nitrogens is 1. The van der Waals surface area contributed by atoms with Crippen LogP contribution in [0.15, 0.2) is 59.5 Å². The first-order valence-corrected chi connectivity index (χ1v) is 10.8. The van der Waals surface area contributed by atoms with E-state index in [1.165, 1.54) is 30.3 Å². The molecular formula is C24H19F2N3O3S. The van der Waals surface area contributed by atoms with E-state index in [2.05, 4.69) is 5.32 Å². The van der Waals surface area contributed by atoms with Gasteiger partial charge in [0.05, 0.1) is 4.91 Å². The van der Waals surface area contributed by atoms with Gasteiger partial charge in [-0.05, 0) is 85.8 Å². The van der Waals surface area contributed by atoms with Crippen LogP contribution in [0.1, 0.15) is 17.0 Å². The summed E-state index contributed by atoms with van der Waals surface area (Å²) in [7, 11) is 0. The SMILES string of the molecule is Cc1cc(/C=C2/SC(=O)N(CC(=O)Nc3cccc(F)c3)C2=O)c(C)n1-c1ccc(F)cc1. The van der Waals surface area contributed by atoms with Gasteiger partial charge < -0.3 is 9.88 Å². The number of nitrogens with one attached hydrogen (secondary N) is 1. The number of carbonyl (C=O) groups is 3. The van der Waals surface area contributed by atoms with Crippen LogP contribution in [0.25, 0.3) is 11.8 Å². The summed E-state index contributed by atoms with van der Waals surface area (Å²) in [6.07, 6.45) is 1.61. The van der Waals surface area contributed by atoms with Gasteiger partial charge in [0.1, 0.15) is 18.2 Å². The monoisotopic (exact) mass is 467 g/mol. The molecule has 2 aromatic carbocycles. The molecule has 1 aliphatic heterocycles. The number of thioether (sulfide) groups is 1. The lowest BCUT2D eigenvalue weighted by molar-refractivity contribution is -0.127. The number of halogens is 2. The Kier molecular flexibility index (Phi) is 6.15. The summed E-state index contributed by atoms with van der Waals surface area (Å²) in [4.78, 5) is 38.5. The molecule has 168 valence electrons. The van der Waals surface area contributed by atoms with Crippen molar-refractivity contribution in [3.05, 3.63) is 88.1 Å². The van der Waals surface area contributed by atoms with Crippen LogP contribution in [0, 0.1) is 25.5 Å². The standard InChI is InChI=1S/C24H19F2N3O3S/c1-14-10-16(15(2)29(14)20-8-6-17(25)7-9-20)11-21-23(31)28(24(32)33-21)13-22(30)27-19-5-3-4-18(26)12-19/h3-12H,13H2,1-2H3,(H,27,30)/b21-11+. The highest BCUT2D eigenvalue weighted by Gasteiger charge is 2.36. The van der Waals surface area contributed by atoms with Crippen molar-refractivity contribution < 1.29 is 23.2 Å². The van der Waals surface area contributed by atoms with Crippen LogP contribution in [0.2, 0.25) is 0 Å². The highest BCUT2D eigenvalue weighted by molar-refractivity contribution is 8.18. The fourth-order valence-corrected chi connectivity index (χ4v) is 4.44. The molecule has 0 spiro atoms. The van der Waals surface area contributed by atoms with E-state index in [1.807, 2.05) is 24.5 Å². The van der Waals surface area contributed by atoms with Crippen molar-refractivity contribution >= 4 is 40.6 Å². The number of amides is 3. The molecule has 33 heavy (non-hydrogen) atoms. The molecule has 2 heterocycles. The zero-order chi connectivity index (χ0) is 23.7. The zero-order valence-electron chi connectivity index (χ0n) is 17.8. The quantitative estimate of drug-likeness (QED) is 0.534. The summed E-state index contributed by atoms with van der Waals surface area (Å²) in [5.41, 5.74) is 3.42. The van der Waals surface area contributed by atoms with Gasteiger partial charge in [0, 0.05) is 22.8 Å². The second-order valence-corrected chi connectivity index (χ2v) is 8.46. The van der Waals surface area contributed by atoms with Crippen LogP contribution in [-0.4, -0.2) is 33.1 Å². The van der Waals surface area contributed by atoms with Crippen molar-refractivity contribution in [2.45, 2.75) is 13.8 Å². The van der Waals surface area contributed by atoms with E-state index in [4.69, 9.17) is 0 Å². The van der Waals surface area contributed by atoms with E-state index in [1.54, 1.807) is 18.2 Å². The van der Waals surface area contributed by atoms with E-state index < -0.39 is 29.4 Å². The van der Waals surface area contributed by atoms with Gasteiger partial charge in [0.2, 0.25) is 5.91 Å². The largest absolute Gasteiger partial charge is 0.324 e. The van der Waals surface area contributed by atoms with Crippen LogP contribution < -0.4 is 5.32 Å². The minimum Gasteiger partial charge on any atom is -0.324 e. The molecular weight excluding hydrogens is 448 g/mol. The Morgan fingerprint density at radius 2 is 1.76 bits per heavy atom. The third-order valence-electron chi connectivity index (χ3n) is 5.13. The number of anilines is 1. The third kappa shape index (κ3) is 4.73. The number of aryl methyl sites for hydroxylation is 1. The lowest BCUT2D eigenvalue weighted by atomic mass is 10.2. The zero-order valence-corrected chi connectivity index (χ0v) is 18.6. The fourth-order valence-electron chi connectivity index (χ4n) is 3.61. The average Bonchev–Trinajstić information content (AvgIpc) is 3.18.